The summed E-state index contributed by atoms with van der Waals surface area (Å²) in [7, 11) is 0. The predicted molar refractivity (Wildman–Crippen MR) is 93.5 cm³/mol. The first-order valence-electron chi connectivity index (χ1n) is 9.50. The van der Waals surface area contributed by atoms with E-state index in [1.54, 1.807) is 0 Å². The minimum atomic E-state index is -1.09. The fourth-order valence-corrected chi connectivity index (χ4v) is 2.59. The van der Waals surface area contributed by atoms with E-state index in [4.69, 9.17) is 9.84 Å². The third-order valence-corrected chi connectivity index (χ3v) is 4.14. The third kappa shape index (κ3) is 15.6. The molecule has 0 unspecified atom stereocenters. The zero-order chi connectivity index (χ0) is 17.3. The highest BCUT2D eigenvalue weighted by Gasteiger charge is 2.15. The van der Waals surface area contributed by atoms with Crippen molar-refractivity contribution in [1.29, 1.82) is 0 Å². The van der Waals surface area contributed by atoms with Crippen LogP contribution >= 0.6 is 0 Å². The van der Waals surface area contributed by atoms with Crippen molar-refractivity contribution in [3.8, 4) is 0 Å². The molecule has 0 saturated heterocycles. The molecule has 136 valence electrons. The average molecular weight is 328 g/mol. The molecule has 0 heterocycles. The van der Waals surface area contributed by atoms with Crippen LogP contribution in [0, 0.1) is 0 Å². The molecule has 4 heteroatoms. The Bertz CT molecular complexity index is 302. The lowest BCUT2D eigenvalue weighted by Gasteiger charge is -2.08. The van der Waals surface area contributed by atoms with Gasteiger partial charge >= 0.3 is 11.9 Å². The first kappa shape index (κ1) is 21.9. The normalized spacial score (nSPS) is 12.1. The fourth-order valence-electron chi connectivity index (χ4n) is 2.59. The molecular weight excluding hydrogens is 292 g/mol. The molecule has 0 spiro atoms. The van der Waals surface area contributed by atoms with Crippen molar-refractivity contribution in [2.24, 2.45) is 0 Å². The molecule has 4 nitrogen and oxygen atoms in total. The van der Waals surface area contributed by atoms with Crippen LogP contribution in [0.4, 0.5) is 0 Å². The quantitative estimate of drug-likeness (QED) is 0.301. The lowest BCUT2D eigenvalue weighted by molar-refractivity contribution is -0.162. The van der Waals surface area contributed by atoms with Gasteiger partial charge in [-0.1, -0.05) is 84.0 Å². The van der Waals surface area contributed by atoms with E-state index in [-0.39, 0.29) is 0 Å². The SMILES string of the molecule is CCCCCCCCCCCCCCCC(=O)O[C@H](C)C(=O)O. The number of hydrogen-bond acceptors (Lipinski definition) is 3. The molecule has 0 aliphatic rings. The molecule has 1 N–H and O–H groups in total. The van der Waals surface area contributed by atoms with Crippen molar-refractivity contribution in [1.82, 2.24) is 0 Å². The lowest BCUT2D eigenvalue weighted by Crippen LogP contribution is -2.23. The topological polar surface area (TPSA) is 63.6 Å². The zero-order valence-electron chi connectivity index (χ0n) is 15.1. The van der Waals surface area contributed by atoms with Gasteiger partial charge in [-0.15, -0.1) is 0 Å². The summed E-state index contributed by atoms with van der Waals surface area (Å²) < 4.78 is 4.78. The van der Waals surface area contributed by atoms with Crippen LogP contribution in [0.1, 0.15) is 104 Å². The maximum Gasteiger partial charge on any atom is 0.344 e. The third-order valence-electron chi connectivity index (χ3n) is 4.14. The maximum absolute atomic E-state index is 11.4. The van der Waals surface area contributed by atoms with Crippen LogP contribution in [0.3, 0.4) is 0 Å². The predicted octanol–water partition coefficient (Wildman–Crippen LogP) is 5.48. The smallest absolute Gasteiger partial charge is 0.344 e. The first-order valence-corrected chi connectivity index (χ1v) is 9.50. The van der Waals surface area contributed by atoms with Gasteiger partial charge in [-0.25, -0.2) is 4.79 Å². The molecule has 0 aromatic heterocycles. The molecule has 0 saturated carbocycles. The number of carbonyl (C=O) groups excluding carboxylic acids is 1. The van der Waals surface area contributed by atoms with E-state index >= 15 is 0 Å². The Hall–Kier alpha value is -1.06. The summed E-state index contributed by atoms with van der Waals surface area (Å²) in [6.45, 7) is 3.63. The molecular formula is C19H36O4. The molecule has 0 aliphatic heterocycles. The van der Waals surface area contributed by atoms with Gasteiger partial charge in [-0.2, -0.15) is 0 Å². The van der Waals surface area contributed by atoms with Gasteiger partial charge in [0.1, 0.15) is 0 Å². The molecule has 0 fully saturated rings. The number of aliphatic carboxylic acids is 1. The molecule has 23 heavy (non-hydrogen) atoms. The monoisotopic (exact) mass is 328 g/mol. The second-order valence-electron chi connectivity index (χ2n) is 6.46. The highest BCUT2D eigenvalue weighted by Crippen LogP contribution is 2.13. The van der Waals surface area contributed by atoms with Crippen LogP contribution in [0.2, 0.25) is 0 Å². The Balaban J connectivity index is 3.21. The van der Waals surface area contributed by atoms with E-state index in [1.807, 2.05) is 0 Å². The van der Waals surface area contributed by atoms with E-state index in [0.717, 1.165) is 19.3 Å². The highest BCUT2D eigenvalue weighted by atomic mass is 16.6. The van der Waals surface area contributed by atoms with Crippen LogP contribution in [0.15, 0.2) is 0 Å². The first-order chi connectivity index (χ1) is 11.1. The second-order valence-corrected chi connectivity index (χ2v) is 6.46. The van der Waals surface area contributed by atoms with Crippen LogP contribution in [0.25, 0.3) is 0 Å². The van der Waals surface area contributed by atoms with Crippen molar-refractivity contribution in [3.63, 3.8) is 0 Å². The van der Waals surface area contributed by atoms with Gasteiger partial charge in [-0.05, 0) is 13.3 Å². The fraction of sp³-hybridized carbons (Fsp3) is 0.895. The largest absolute Gasteiger partial charge is 0.479 e. The van der Waals surface area contributed by atoms with E-state index in [2.05, 4.69) is 6.92 Å². The summed E-state index contributed by atoms with van der Waals surface area (Å²) in [6.07, 6.45) is 15.7. The summed E-state index contributed by atoms with van der Waals surface area (Å²) in [5.74, 6) is -1.49. The summed E-state index contributed by atoms with van der Waals surface area (Å²) in [5.41, 5.74) is 0. The number of carbonyl (C=O) groups is 2. The van der Waals surface area contributed by atoms with Gasteiger partial charge in [0.15, 0.2) is 6.10 Å². The lowest BCUT2D eigenvalue weighted by atomic mass is 10.0. The Morgan fingerprint density at radius 3 is 1.57 bits per heavy atom. The molecule has 0 radical (unpaired) electrons. The highest BCUT2D eigenvalue weighted by molar-refractivity contribution is 5.77. The van der Waals surface area contributed by atoms with Gasteiger partial charge in [0, 0.05) is 6.42 Å². The molecule has 1 atom stereocenters. The van der Waals surface area contributed by atoms with Gasteiger partial charge in [0.2, 0.25) is 0 Å². The Kier molecular flexibility index (Phi) is 15.1. The van der Waals surface area contributed by atoms with Crippen molar-refractivity contribution < 1.29 is 19.4 Å². The van der Waals surface area contributed by atoms with E-state index in [9.17, 15) is 9.59 Å². The van der Waals surface area contributed by atoms with Crippen molar-refractivity contribution in [2.75, 3.05) is 0 Å². The van der Waals surface area contributed by atoms with Crippen LogP contribution in [-0.2, 0) is 14.3 Å². The van der Waals surface area contributed by atoms with Crippen molar-refractivity contribution >= 4 is 11.9 Å². The minimum absolute atomic E-state index is 0.329. The molecule has 0 aliphatic carbocycles. The van der Waals surface area contributed by atoms with Crippen LogP contribution in [-0.4, -0.2) is 23.1 Å². The zero-order valence-corrected chi connectivity index (χ0v) is 15.1. The Labute approximate surface area is 142 Å². The van der Waals surface area contributed by atoms with Gasteiger partial charge in [-0.3, -0.25) is 4.79 Å². The molecule has 0 amide bonds. The number of unbranched alkanes of at least 4 members (excludes halogenated alkanes) is 12. The number of carboxylic acid groups (broad SMARTS) is 1. The molecule has 0 aromatic rings. The minimum Gasteiger partial charge on any atom is -0.479 e. The molecule has 0 bridgehead atoms. The number of hydrogen-bond donors (Lipinski definition) is 1. The molecule has 0 rings (SSSR count). The van der Waals surface area contributed by atoms with E-state index in [0.29, 0.717) is 6.42 Å². The number of carboxylic acids is 1. The van der Waals surface area contributed by atoms with Gasteiger partial charge in [0.25, 0.3) is 0 Å². The summed E-state index contributed by atoms with van der Waals surface area (Å²) >= 11 is 0. The second kappa shape index (κ2) is 15.8. The Morgan fingerprint density at radius 2 is 1.17 bits per heavy atom. The van der Waals surface area contributed by atoms with Gasteiger partial charge in [0.05, 0.1) is 0 Å². The van der Waals surface area contributed by atoms with E-state index < -0.39 is 18.0 Å². The maximum atomic E-state index is 11.4. The molecule has 0 aromatic carbocycles. The summed E-state index contributed by atoms with van der Waals surface area (Å²) in [5, 5.41) is 8.64. The summed E-state index contributed by atoms with van der Waals surface area (Å²) in [4.78, 5) is 21.9. The van der Waals surface area contributed by atoms with Crippen LogP contribution < -0.4 is 0 Å². The summed E-state index contributed by atoms with van der Waals surface area (Å²) in [6, 6.07) is 0. The van der Waals surface area contributed by atoms with Crippen molar-refractivity contribution in [3.05, 3.63) is 0 Å². The average Bonchev–Trinajstić information content (AvgIpc) is 2.51. The number of ether oxygens (including phenoxy) is 1. The number of rotatable bonds is 16. The van der Waals surface area contributed by atoms with E-state index in [1.165, 1.54) is 71.1 Å². The van der Waals surface area contributed by atoms with Crippen molar-refractivity contribution in [2.45, 2.75) is 110 Å². The van der Waals surface area contributed by atoms with Gasteiger partial charge < -0.3 is 9.84 Å². The number of esters is 1. The Morgan fingerprint density at radius 1 is 0.783 bits per heavy atom. The van der Waals surface area contributed by atoms with Crippen LogP contribution in [0.5, 0.6) is 0 Å². The standard InChI is InChI=1S/C19H36O4/c1-3-4-5-6-7-8-9-10-11-12-13-14-15-16-18(20)23-17(2)19(21)22/h17H,3-16H2,1-2H3,(H,21,22)/t17-/m1/s1.